The van der Waals surface area contributed by atoms with Gasteiger partial charge in [-0.25, -0.2) is 4.98 Å². The van der Waals surface area contributed by atoms with Gasteiger partial charge in [0.05, 0.1) is 5.69 Å². The van der Waals surface area contributed by atoms with Crippen LogP contribution in [0.5, 0.6) is 0 Å². The Hall–Kier alpha value is -2.14. The first kappa shape index (κ1) is 11.0. The summed E-state index contributed by atoms with van der Waals surface area (Å²) in [6, 6.07) is 7.95. The molecule has 0 unspecified atom stereocenters. The van der Waals surface area contributed by atoms with Crippen molar-refractivity contribution in [1.82, 2.24) is 14.8 Å². The highest BCUT2D eigenvalue weighted by atomic mass is 16.3. The summed E-state index contributed by atoms with van der Waals surface area (Å²) in [5.74, 6) is 0. The first-order valence-electron chi connectivity index (χ1n) is 5.84. The number of aromatic nitrogens is 3. The Kier molecular flexibility index (Phi) is 2.60. The molecule has 0 amide bonds. The molecule has 0 aliphatic rings. The molecular weight excluding hydrogens is 228 g/mol. The van der Waals surface area contributed by atoms with Gasteiger partial charge in [0.1, 0.15) is 5.52 Å². The standard InChI is InChI=1S/C13H14N4O/c1-17-10(4-5-14)7-12(16-17)9-2-3-11-13(6-9)18-8-15-11/h2-3,6-8H,4-5,14H2,1H3. The largest absolute Gasteiger partial charge is 0.443 e. The number of hydrogen-bond donors (Lipinski definition) is 1. The van der Waals surface area contributed by atoms with Crippen LogP contribution in [0.1, 0.15) is 5.69 Å². The van der Waals surface area contributed by atoms with Crippen molar-refractivity contribution < 1.29 is 4.42 Å². The molecule has 0 saturated carbocycles. The van der Waals surface area contributed by atoms with Crippen LogP contribution in [-0.2, 0) is 13.5 Å². The lowest BCUT2D eigenvalue weighted by molar-refractivity contribution is 0.602. The van der Waals surface area contributed by atoms with Crippen LogP contribution in [0.25, 0.3) is 22.4 Å². The van der Waals surface area contributed by atoms with E-state index in [0.29, 0.717) is 6.54 Å². The highest BCUT2D eigenvalue weighted by Crippen LogP contribution is 2.23. The zero-order chi connectivity index (χ0) is 12.5. The van der Waals surface area contributed by atoms with Gasteiger partial charge in [0.15, 0.2) is 12.0 Å². The molecule has 0 aliphatic carbocycles. The fourth-order valence-corrected chi connectivity index (χ4v) is 2.04. The van der Waals surface area contributed by atoms with Crippen LogP contribution in [0.15, 0.2) is 35.1 Å². The van der Waals surface area contributed by atoms with E-state index in [9.17, 15) is 0 Å². The molecule has 18 heavy (non-hydrogen) atoms. The molecule has 5 nitrogen and oxygen atoms in total. The fraction of sp³-hybridized carbons (Fsp3) is 0.231. The summed E-state index contributed by atoms with van der Waals surface area (Å²) >= 11 is 0. The van der Waals surface area contributed by atoms with E-state index >= 15 is 0 Å². The molecule has 0 aliphatic heterocycles. The van der Waals surface area contributed by atoms with E-state index in [1.807, 2.05) is 29.9 Å². The van der Waals surface area contributed by atoms with Crippen LogP contribution >= 0.6 is 0 Å². The average molecular weight is 242 g/mol. The summed E-state index contributed by atoms with van der Waals surface area (Å²) in [4.78, 5) is 4.10. The number of benzene rings is 1. The zero-order valence-electron chi connectivity index (χ0n) is 10.1. The molecule has 0 bridgehead atoms. The molecule has 1 aromatic carbocycles. The van der Waals surface area contributed by atoms with E-state index < -0.39 is 0 Å². The Bertz CT molecular complexity index is 683. The van der Waals surface area contributed by atoms with Crippen molar-refractivity contribution in [3.05, 3.63) is 36.4 Å². The third-order valence-electron chi connectivity index (χ3n) is 3.00. The highest BCUT2D eigenvalue weighted by Gasteiger charge is 2.08. The number of oxazole rings is 1. The lowest BCUT2D eigenvalue weighted by atomic mass is 10.1. The Balaban J connectivity index is 2.05. The van der Waals surface area contributed by atoms with E-state index in [2.05, 4.69) is 16.1 Å². The van der Waals surface area contributed by atoms with Gasteiger partial charge in [-0.05, 0) is 24.7 Å². The van der Waals surface area contributed by atoms with E-state index in [0.717, 1.165) is 34.5 Å². The second-order valence-corrected chi connectivity index (χ2v) is 4.22. The second-order valence-electron chi connectivity index (χ2n) is 4.22. The van der Waals surface area contributed by atoms with Crippen LogP contribution in [-0.4, -0.2) is 21.3 Å². The molecule has 2 N–H and O–H groups in total. The Labute approximate surface area is 104 Å². The Morgan fingerprint density at radius 2 is 2.22 bits per heavy atom. The molecule has 2 aromatic heterocycles. The van der Waals surface area contributed by atoms with Gasteiger partial charge in [-0.2, -0.15) is 5.10 Å². The van der Waals surface area contributed by atoms with Crippen molar-refractivity contribution >= 4 is 11.1 Å². The van der Waals surface area contributed by atoms with E-state index in [1.54, 1.807) is 0 Å². The molecule has 0 saturated heterocycles. The third-order valence-corrected chi connectivity index (χ3v) is 3.00. The molecular formula is C13H14N4O. The SMILES string of the molecule is Cn1nc(-c2ccc3ncoc3c2)cc1CCN. The van der Waals surface area contributed by atoms with Gasteiger partial charge >= 0.3 is 0 Å². The maximum absolute atomic E-state index is 5.57. The minimum Gasteiger partial charge on any atom is -0.443 e. The smallest absolute Gasteiger partial charge is 0.181 e. The van der Waals surface area contributed by atoms with Gasteiger partial charge in [0.25, 0.3) is 0 Å². The number of nitrogens with two attached hydrogens (primary N) is 1. The normalized spacial score (nSPS) is 11.2. The average Bonchev–Trinajstić information content (AvgIpc) is 2.96. The number of aryl methyl sites for hydroxylation is 1. The molecule has 0 radical (unpaired) electrons. The van der Waals surface area contributed by atoms with Crippen LogP contribution in [0, 0.1) is 0 Å². The minimum atomic E-state index is 0.625. The first-order valence-corrected chi connectivity index (χ1v) is 5.84. The van der Waals surface area contributed by atoms with Gasteiger partial charge in [-0.1, -0.05) is 6.07 Å². The number of hydrogen-bond acceptors (Lipinski definition) is 4. The number of rotatable bonds is 3. The summed E-state index contributed by atoms with van der Waals surface area (Å²) < 4.78 is 7.17. The lowest BCUT2D eigenvalue weighted by Gasteiger charge is -1.96. The van der Waals surface area contributed by atoms with Crippen molar-refractivity contribution in [3.63, 3.8) is 0 Å². The number of nitrogens with zero attached hydrogens (tertiary/aromatic N) is 3. The molecule has 3 aromatic rings. The van der Waals surface area contributed by atoms with E-state index in [-0.39, 0.29) is 0 Å². The second kappa shape index (κ2) is 4.27. The predicted octanol–water partition coefficient (Wildman–Crippen LogP) is 1.73. The minimum absolute atomic E-state index is 0.625. The van der Waals surface area contributed by atoms with Gasteiger partial charge in [-0.3, -0.25) is 4.68 Å². The molecule has 3 rings (SSSR count). The number of fused-ring (bicyclic) bond motifs is 1. The molecule has 0 atom stereocenters. The Morgan fingerprint density at radius 1 is 1.33 bits per heavy atom. The van der Waals surface area contributed by atoms with Crippen LogP contribution in [0.4, 0.5) is 0 Å². The first-order chi connectivity index (χ1) is 8.78. The summed E-state index contributed by atoms with van der Waals surface area (Å²) in [7, 11) is 1.93. The van der Waals surface area contributed by atoms with Crippen LogP contribution in [0.2, 0.25) is 0 Å². The molecule has 92 valence electrons. The maximum Gasteiger partial charge on any atom is 0.181 e. The molecule has 0 fully saturated rings. The van der Waals surface area contributed by atoms with Gasteiger partial charge in [0, 0.05) is 24.7 Å². The topological polar surface area (TPSA) is 69.9 Å². The monoisotopic (exact) mass is 242 g/mol. The predicted molar refractivity (Wildman–Crippen MR) is 69.0 cm³/mol. The van der Waals surface area contributed by atoms with E-state index in [1.165, 1.54) is 6.39 Å². The van der Waals surface area contributed by atoms with Crippen LogP contribution < -0.4 is 5.73 Å². The van der Waals surface area contributed by atoms with Crippen molar-refractivity contribution in [2.45, 2.75) is 6.42 Å². The third kappa shape index (κ3) is 1.78. The quantitative estimate of drug-likeness (QED) is 0.759. The summed E-state index contributed by atoms with van der Waals surface area (Å²) in [6.07, 6.45) is 2.28. The summed E-state index contributed by atoms with van der Waals surface area (Å²) in [5, 5.41) is 4.49. The molecule has 5 heteroatoms. The van der Waals surface area contributed by atoms with Gasteiger partial charge < -0.3 is 10.2 Å². The van der Waals surface area contributed by atoms with E-state index in [4.69, 9.17) is 10.2 Å². The molecule has 0 spiro atoms. The molecule has 2 heterocycles. The zero-order valence-corrected chi connectivity index (χ0v) is 10.1. The van der Waals surface area contributed by atoms with Crippen molar-refractivity contribution in [3.8, 4) is 11.3 Å². The maximum atomic E-state index is 5.57. The van der Waals surface area contributed by atoms with Gasteiger partial charge in [-0.15, -0.1) is 0 Å². The van der Waals surface area contributed by atoms with Crippen molar-refractivity contribution in [2.75, 3.05) is 6.54 Å². The highest BCUT2D eigenvalue weighted by molar-refractivity contribution is 5.78. The lowest BCUT2D eigenvalue weighted by Crippen LogP contribution is -2.06. The Morgan fingerprint density at radius 3 is 3.06 bits per heavy atom. The summed E-state index contributed by atoms with van der Waals surface area (Å²) in [6.45, 7) is 0.625. The van der Waals surface area contributed by atoms with Crippen molar-refractivity contribution in [2.24, 2.45) is 12.8 Å². The van der Waals surface area contributed by atoms with Crippen molar-refractivity contribution in [1.29, 1.82) is 0 Å². The fourth-order valence-electron chi connectivity index (χ4n) is 2.04. The van der Waals surface area contributed by atoms with Gasteiger partial charge in [0.2, 0.25) is 0 Å². The summed E-state index contributed by atoms with van der Waals surface area (Å²) in [5.41, 5.74) is 10.3. The van der Waals surface area contributed by atoms with Crippen LogP contribution in [0.3, 0.4) is 0 Å².